The van der Waals surface area contributed by atoms with Crippen molar-refractivity contribution in [1.82, 2.24) is 15.2 Å². The molecule has 0 saturated carbocycles. The Morgan fingerprint density at radius 3 is 2.50 bits per heavy atom. The van der Waals surface area contributed by atoms with Gasteiger partial charge in [-0.25, -0.2) is 0 Å². The normalized spacial score (nSPS) is 19.5. The number of carbonyl (C=O) groups is 1. The van der Waals surface area contributed by atoms with Crippen molar-refractivity contribution in [2.24, 2.45) is 0 Å². The number of nitrogens with one attached hydrogen (secondary N) is 1. The Kier molecular flexibility index (Phi) is 9.35. The summed E-state index contributed by atoms with van der Waals surface area (Å²) in [4.78, 5) is 16.4. The second-order valence-corrected chi connectivity index (χ2v) is 8.56. The lowest BCUT2D eigenvalue weighted by atomic mass is 9.85. The Hall–Kier alpha value is -1.50. The minimum atomic E-state index is -0.318. The number of ether oxygens (including phenoxy) is 2. The molecule has 0 radical (unpaired) electrons. The van der Waals surface area contributed by atoms with Crippen molar-refractivity contribution in [1.29, 1.82) is 0 Å². The van der Waals surface area contributed by atoms with Gasteiger partial charge < -0.3 is 19.7 Å². The summed E-state index contributed by atoms with van der Waals surface area (Å²) >= 11 is 0. The van der Waals surface area contributed by atoms with Crippen molar-refractivity contribution in [2.45, 2.75) is 64.1 Å². The van der Waals surface area contributed by atoms with Crippen LogP contribution >= 0.6 is 0 Å². The van der Waals surface area contributed by atoms with Gasteiger partial charge in [0, 0.05) is 31.1 Å². The van der Waals surface area contributed by atoms with E-state index in [1.54, 1.807) is 0 Å². The monoisotopic (exact) mass is 391 g/mol. The number of likely N-dealkylation sites (tertiary alicyclic amines) is 1. The molecule has 3 heterocycles. The average molecular weight is 392 g/mol. The third-order valence-electron chi connectivity index (χ3n) is 5.20. The fraction of sp³-hybridized carbons (Fsp3) is 0.727. The zero-order valence-corrected chi connectivity index (χ0v) is 17.8. The molecule has 6 nitrogen and oxygen atoms in total. The maximum atomic E-state index is 9.60. The highest BCUT2D eigenvalue weighted by Gasteiger charge is 2.35. The summed E-state index contributed by atoms with van der Waals surface area (Å²) in [7, 11) is 0. The van der Waals surface area contributed by atoms with Crippen LogP contribution in [0.1, 0.15) is 58.4 Å². The first-order valence-corrected chi connectivity index (χ1v) is 10.5. The van der Waals surface area contributed by atoms with Crippen molar-refractivity contribution >= 4 is 6.47 Å². The van der Waals surface area contributed by atoms with Crippen LogP contribution in [0.5, 0.6) is 0 Å². The first-order chi connectivity index (χ1) is 13.5. The first-order valence-electron chi connectivity index (χ1n) is 10.5. The molecule has 1 N–H and O–H groups in total. The molecular formula is C22H37N3O3. The van der Waals surface area contributed by atoms with E-state index in [-0.39, 0.29) is 11.2 Å². The van der Waals surface area contributed by atoms with Gasteiger partial charge in [0.1, 0.15) is 5.60 Å². The molecule has 0 aliphatic carbocycles. The molecule has 0 aromatic carbocycles. The first kappa shape index (κ1) is 22.8. The molecular weight excluding hydrogens is 354 g/mol. The Bertz CT molecular complexity index is 548. The van der Waals surface area contributed by atoms with E-state index in [9.17, 15) is 4.79 Å². The van der Waals surface area contributed by atoms with Crippen LogP contribution in [-0.4, -0.2) is 61.3 Å². The number of pyridine rings is 1. The third kappa shape index (κ3) is 7.86. The number of carbonyl (C=O) groups excluding carboxylic acids is 1. The maximum Gasteiger partial charge on any atom is 0.293 e. The molecule has 0 unspecified atom stereocenters. The topological polar surface area (TPSA) is 63.7 Å². The summed E-state index contributed by atoms with van der Waals surface area (Å²) in [6, 6.07) is 4.19. The van der Waals surface area contributed by atoms with Crippen LogP contribution in [0.2, 0.25) is 0 Å². The van der Waals surface area contributed by atoms with Crippen LogP contribution in [-0.2, 0) is 19.9 Å². The standard InChI is InChI=1S/C17H27N3O.C5H10O2/c1-2-12-20(11-1)13-4-14-21-17(6-9-18-10-7-17)16-5-3-8-19-15-16;1-5(2,3)7-4-6/h3,5,8,15,18H,1-2,4,6-7,9-14H2;4H,1-3H3. The minimum absolute atomic E-state index is 0.121. The van der Waals surface area contributed by atoms with E-state index in [1.807, 2.05) is 39.2 Å². The predicted molar refractivity (Wildman–Crippen MR) is 111 cm³/mol. The van der Waals surface area contributed by atoms with Crippen LogP contribution < -0.4 is 5.32 Å². The van der Waals surface area contributed by atoms with E-state index in [0.717, 1.165) is 39.0 Å². The largest absolute Gasteiger partial charge is 0.462 e. The summed E-state index contributed by atoms with van der Waals surface area (Å²) in [5.41, 5.74) is 0.805. The van der Waals surface area contributed by atoms with Gasteiger partial charge in [0.2, 0.25) is 0 Å². The molecule has 3 rings (SSSR count). The van der Waals surface area contributed by atoms with Crippen LogP contribution in [0, 0.1) is 0 Å². The molecule has 0 atom stereocenters. The van der Waals surface area contributed by atoms with E-state index in [0.29, 0.717) is 6.47 Å². The molecule has 0 amide bonds. The molecule has 158 valence electrons. The molecule has 0 bridgehead atoms. The van der Waals surface area contributed by atoms with Gasteiger partial charge in [-0.3, -0.25) is 9.78 Å². The lowest BCUT2D eigenvalue weighted by Crippen LogP contribution is -2.42. The van der Waals surface area contributed by atoms with Crippen molar-refractivity contribution in [3.8, 4) is 0 Å². The number of nitrogens with zero attached hydrogens (tertiary/aromatic N) is 2. The number of piperidine rings is 1. The van der Waals surface area contributed by atoms with Gasteiger partial charge >= 0.3 is 0 Å². The molecule has 6 heteroatoms. The fourth-order valence-corrected chi connectivity index (χ4v) is 3.69. The molecule has 0 spiro atoms. The molecule has 2 aliphatic rings. The molecule has 28 heavy (non-hydrogen) atoms. The molecule has 2 saturated heterocycles. The lowest BCUT2D eigenvalue weighted by Gasteiger charge is -2.38. The number of hydrogen-bond acceptors (Lipinski definition) is 6. The second kappa shape index (κ2) is 11.5. The minimum Gasteiger partial charge on any atom is -0.462 e. The zero-order chi connectivity index (χ0) is 20.3. The van der Waals surface area contributed by atoms with E-state index < -0.39 is 0 Å². The van der Waals surface area contributed by atoms with Gasteiger partial charge in [-0.05, 0) is 85.1 Å². The summed E-state index contributed by atoms with van der Waals surface area (Å²) in [6.45, 7) is 12.6. The number of hydrogen-bond donors (Lipinski definition) is 1. The summed E-state index contributed by atoms with van der Waals surface area (Å²) in [5, 5.41) is 3.44. The van der Waals surface area contributed by atoms with Crippen LogP contribution in [0.25, 0.3) is 0 Å². The Labute approximate surface area is 170 Å². The lowest BCUT2D eigenvalue weighted by molar-refractivity contribution is -0.138. The van der Waals surface area contributed by atoms with Crippen LogP contribution in [0.3, 0.4) is 0 Å². The van der Waals surface area contributed by atoms with E-state index in [1.165, 1.54) is 38.0 Å². The van der Waals surface area contributed by atoms with Crippen molar-refractivity contribution in [2.75, 3.05) is 39.3 Å². The van der Waals surface area contributed by atoms with Gasteiger partial charge in [0.05, 0.1) is 5.60 Å². The summed E-state index contributed by atoms with van der Waals surface area (Å²) < 4.78 is 11.0. The average Bonchev–Trinajstić information content (AvgIpc) is 3.20. The third-order valence-corrected chi connectivity index (χ3v) is 5.20. The Morgan fingerprint density at radius 2 is 1.96 bits per heavy atom. The van der Waals surface area contributed by atoms with Crippen molar-refractivity contribution in [3.05, 3.63) is 30.1 Å². The molecule has 1 aromatic heterocycles. The Balaban J connectivity index is 0.000000345. The molecule has 2 fully saturated rings. The predicted octanol–water partition coefficient (Wildman–Crippen LogP) is 3.12. The van der Waals surface area contributed by atoms with E-state index >= 15 is 0 Å². The SMILES string of the molecule is CC(C)(C)OC=O.c1cncc(C2(OCCCN3CCCC3)CCNCC2)c1. The smallest absolute Gasteiger partial charge is 0.293 e. The quantitative estimate of drug-likeness (QED) is 0.569. The van der Waals surface area contributed by atoms with Crippen LogP contribution in [0.4, 0.5) is 0 Å². The van der Waals surface area contributed by atoms with Gasteiger partial charge in [0.15, 0.2) is 0 Å². The molecule has 2 aliphatic heterocycles. The summed E-state index contributed by atoms with van der Waals surface area (Å²) in [5.74, 6) is 0. The highest BCUT2D eigenvalue weighted by Crippen LogP contribution is 2.34. The van der Waals surface area contributed by atoms with Crippen molar-refractivity contribution in [3.63, 3.8) is 0 Å². The number of aromatic nitrogens is 1. The highest BCUT2D eigenvalue weighted by atomic mass is 16.5. The molecule has 1 aromatic rings. The highest BCUT2D eigenvalue weighted by molar-refractivity contribution is 5.37. The summed E-state index contributed by atoms with van der Waals surface area (Å²) in [6.07, 6.45) is 9.77. The van der Waals surface area contributed by atoms with Crippen molar-refractivity contribution < 1.29 is 14.3 Å². The van der Waals surface area contributed by atoms with Crippen LogP contribution in [0.15, 0.2) is 24.5 Å². The fourth-order valence-electron chi connectivity index (χ4n) is 3.69. The van der Waals surface area contributed by atoms with Gasteiger partial charge in [-0.2, -0.15) is 0 Å². The second-order valence-electron chi connectivity index (χ2n) is 8.56. The zero-order valence-electron chi connectivity index (χ0n) is 17.8. The van der Waals surface area contributed by atoms with Gasteiger partial charge in [-0.1, -0.05) is 6.07 Å². The van der Waals surface area contributed by atoms with Gasteiger partial charge in [0.25, 0.3) is 6.47 Å². The maximum absolute atomic E-state index is 9.60. The van der Waals surface area contributed by atoms with E-state index in [4.69, 9.17) is 4.74 Å². The Morgan fingerprint density at radius 1 is 1.25 bits per heavy atom. The van der Waals surface area contributed by atoms with E-state index in [2.05, 4.69) is 26.0 Å². The van der Waals surface area contributed by atoms with Gasteiger partial charge in [-0.15, -0.1) is 0 Å². The number of rotatable bonds is 7.